The van der Waals surface area contributed by atoms with Gasteiger partial charge in [0.1, 0.15) is 0 Å². The largest absolute Gasteiger partial charge is 0.284 e. The molecule has 138 valence electrons. The van der Waals surface area contributed by atoms with E-state index in [1.54, 1.807) is 0 Å². The molecule has 0 aromatic heterocycles. The normalized spacial score (nSPS) is 14.2. The van der Waals surface area contributed by atoms with Gasteiger partial charge in [0.05, 0.1) is 5.71 Å². The van der Waals surface area contributed by atoms with Gasteiger partial charge < -0.3 is 0 Å². The van der Waals surface area contributed by atoms with Crippen LogP contribution in [0.2, 0.25) is 0 Å². The molecule has 0 unspecified atom stereocenters. The van der Waals surface area contributed by atoms with Gasteiger partial charge in [-0.15, -0.1) is 0 Å². The van der Waals surface area contributed by atoms with E-state index in [1.807, 2.05) is 0 Å². The van der Waals surface area contributed by atoms with Crippen LogP contribution in [0, 0.1) is 0 Å². The fourth-order valence-electron chi connectivity index (χ4n) is 4.36. The first-order valence-electron chi connectivity index (χ1n) is 10.1. The SMILES string of the molecule is CC(C)(C)c1ccc2ccc3c4c(ccc3c2c1)C(c1ccccc1)=NCC4. The maximum Gasteiger partial charge on any atom is 0.0722 e. The van der Waals surface area contributed by atoms with Crippen LogP contribution in [0.25, 0.3) is 21.5 Å². The van der Waals surface area contributed by atoms with E-state index >= 15 is 0 Å². The van der Waals surface area contributed by atoms with Gasteiger partial charge in [-0.1, -0.05) is 93.6 Å². The maximum absolute atomic E-state index is 4.87. The second-order valence-electron chi connectivity index (χ2n) is 8.78. The Morgan fingerprint density at radius 2 is 1.50 bits per heavy atom. The van der Waals surface area contributed by atoms with Gasteiger partial charge in [0.2, 0.25) is 0 Å². The summed E-state index contributed by atoms with van der Waals surface area (Å²) in [5.74, 6) is 0. The van der Waals surface area contributed by atoms with Crippen molar-refractivity contribution < 1.29 is 0 Å². The van der Waals surface area contributed by atoms with E-state index in [0.717, 1.165) is 18.7 Å². The van der Waals surface area contributed by atoms with Crippen LogP contribution in [0.1, 0.15) is 43.0 Å². The van der Waals surface area contributed by atoms with Crippen LogP contribution in [-0.2, 0) is 11.8 Å². The predicted octanol–water partition coefficient (Wildman–Crippen LogP) is 6.68. The molecular formula is C27H25N. The number of nitrogens with zero attached hydrogens (tertiary/aromatic N) is 1. The van der Waals surface area contributed by atoms with Crippen molar-refractivity contribution in [3.05, 3.63) is 95.1 Å². The summed E-state index contributed by atoms with van der Waals surface area (Å²) in [6, 6.07) is 26.7. The van der Waals surface area contributed by atoms with Crippen molar-refractivity contribution in [2.24, 2.45) is 4.99 Å². The van der Waals surface area contributed by atoms with Crippen molar-refractivity contribution in [1.82, 2.24) is 0 Å². The molecular weight excluding hydrogens is 338 g/mol. The highest BCUT2D eigenvalue weighted by molar-refractivity contribution is 6.18. The van der Waals surface area contributed by atoms with Gasteiger partial charge in [-0.25, -0.2) is 0 Å². The summed E-state index contributed by atoms with van der Waals surface area (Å²) >= 11 is 0. The molecule has 1 heteroatoms. The molecule has 0 atom stereocenters. The van der Waals surface area contributed by atoms with Crippen molar-refractivity contribution in [2.45, 2.75) is 32.6 Å². The smallest absolute Gasteiger partial charge is 0.0722 e. The van der Waals surface area contributed by atoms with Crippen molar-refractivity contribution in [1.29, 1.82) is 0 Å². The molecule has 0 N–H and O–H groups in total. The molecule has 28 heavy (non-hydrogen) atoms. The van der Waals surface area contributed by atoms with E-state index in [-0.39, 0.29) is 5.41 Å². The zero-order valence-electron chi connectivity index (χ0n) is 16.8. The second-order valence-corrected chi connectivity index (χ2v) is 8.78. The number of hydrogen-bond donors (Lipinski definition) is 0. The van der Waals surface area contributed by atoms with Crippen LogP contribution in [-0.4, -0.2) is 12.3 Å². The summed E-state index contributed by atoms with van der Waals surface area (Å²) in [7, 11) is 0. The van der Waals surface area contributed by atoms with Crippen LogP contribution in [0.3, 0.4) is 0 Å². The predicted molar refractivity (Wildman–Crippen MR) is 121 cm³/mol. The monoisotopic (exact) mass is 363 g/mol. The summed E-state index contributed by atoms with van der Waals surface area (Å²) in [4.78, 5) is 4.87. The third-order valence-electron chi connectivity index (χ3n) is 5.93. The van der Waals surface area contributed by atoms with Gasteiger partial charge >= 0.3 is 0 Å². The molecule has 0 bridgehead atoms. The summed E-state index contributed by atoms with van der Waals surface area (Å²) in [5.41, 5.74) is 6.60. The Labute approximate surface area is 166 Å². The molecule has 1 heterocycles. The van der Waals surface area contributed by atoms with Crippen molar-refractivity contribution in [3.63, 3.8) is 0 Å². The van der Waals surface area contributed by atoms with E-state index in [0.29, 0.717) is 0 Å². The highest BCUT2D eigenvalue weighted by Gasteiger charge is 2.19. The molecule has 0 amide bonds. The summed E-state index contributed by atoms with van der Waals surface area (Å²) < 4.78 is 0. The van der Waals surface area contributed by atoms with Crippen LogP contribution >= 0.6 is 0 Å². The molecule has 0 spiro atoms. The quantitative estimate of drug-likeness (QED) is 0.334. The first-order valence-corrected chi connectivity index (χ1v) is 10.1. The Morgan fingerprint density at radius 3 is 2.29 bits per heavy atom. The van der Waals surface area contributed by atoms with Gasteiger partial charge in [-0.05, 0) is 44.5 Å². The molecule has 5 rings (SSSR count). The van der Waals surface area contributed by atoms with Gasteiger partial charge in [0.15, 0.2) is 0 Å². The fraction of sp³-hybridized carbons (Fsp3) is 0.222. The lowest BCUT2D eigenvalue weighted by Crippen LogP contribution is -2.14. The van der Waals surface area contributed by atoms with Crippen molar-refractivity contribution in [3.8, 4) is 0 Å². The standard InChI is InChI=1S/C27H25N/c1-27(2,3)20-11-9-18-10-12-21-22(25(18)17-20)13-14-24-23(21)15-16-28-26(24)19-7-5-4-6-8-19/h4-14,17H,15-16H2,1-3H3. The minimum atomic E-state index is 0.150. The molecule has 0 radical (unpaired) electrons. The number of hydrogen-bond acceptors (Lipinski definition) is 1. The van der Waals surface area contributed by atoms with Crippen LogP contribution < -0.4 is 0 Å². The number of benzene rings is 4. The second kappa shape index (κ2) is 6.31. The van der Waals surface area contributed by atoms with Crippen LogP contribution in [0.15, 0.2) is 77.8 Å². The molecule has 4 aromatic rings. The molecule has 1 aliphatic heterocycles. The Balaban J connectivity index is 1.76. The van der Waals surface area contributed by atoms with Gasteiger partial charge in [-0.2, -0.15) is 0 Å². The zero-order valence-corrected chi connectivity index (χ0v) is 16.8. The number of rotatable bonds is 1. The molecule has 0 saturated heterocycles. The van der Waals surface area contributed by atoms with E-state index < -0.39 is 0 Å². The first-order chi connectivity index (χ1) is 13.5. The average Bonchev–Trinajstić information content (AvgIpc) is 2.72. The van der Waals surface area contributed by atoms with Gasteiger partial charge in [0, 0.05) is 17.7 Å². The zero-order chi connectivity index (χ0) is 19.3. The van der Waals surface area contributed by atoms with E-state index in [4.69, 9.17) is 4.99 Å². The van der Waals surface area contributed by atoms with E-state index in [9.17, 15) is 0 Å². The Kier molecular flexibility index (Phi) is 3.87. The van der Waals surface area contributed by atoms with Gasteiger partial charge in [-0.3, -0.25) is 4.99 Å². The summed E-state index contributed by atoms with van der Waals surface area (Å²) in [5, 5.41) is 5.40. The lowest BCUT2D eigenvalue weighted by molar-refractivity contribution is 0.591. The Bertz CT molecular complexity index is 1220. The molecule has 0 fully saturated rings. The molecule has 1 aliphatic rings. The number of aliphatic imine (C=N–C) groups is 1. The van der Waals surface area contributed by atoms with Gasteiger partial charge in [0.25, 0.3) is 0 Å². The summed E-state index contributed by atoms with van der Waals surface area (Å²) in [6.45, 7) is 7.70. The third-order valence-corrected chi connectivity index (χ3v) is 5.93. The number of fused-ring (bicyclic) bond motifs is 5. The lowest BCUT2D eigenvalue weighted by Gasteiger charge is -2.22. The maximum atomic E-state index is 4.87. The minimum Gasteiger partial charge on any atom is -0.284 e. The molecule has 0 saturated carbocycles. The van der Waals surface area contributed by atoms with E-state index in [2.05, 4.69) is 93.6 Å². The topological polar surface area (TPSA) is 12.4 Å². The summed E-state index contributed by atoms with van der Waals surface area (Å²) in [6.07, 6.45) is 1.01. The lowest BCUT2D eigenvalue weighted by atomic mass is 9.84. The van der Waals surface area contributed by atoms with Crippen LogP contribution in [0.5, 0.6) is 0 Å². The Hall–Kier alpha value is -2.93. The average molecular weight is 364 g/mol. The van der Waals surface area contributed by atoms with Crippen LogP contribution in [0.4, 0.5) is 0 Å². The minimum absolute atomic E-state index is 0.150. The molecule has 0 aliphatic carbocycles. The fourth-order valence-corrected chi connectivity index (χ4v) is 4.36. The highest BCUT2D eigenvalue weighted by atomic mass is 14.7. The Morgan fingerprint density at radius 1 is 0.750 bits per heavy atom. The molecule has 1 nitrogen and oxygen atoms in total. The van der Waals surface area contributed by atoms with E-state index in [1.165, 1.54) is 43.8 Å². The molecule has 4 aromatic carbocycles. The van der Waals surface area contributed by atoms with Crippen molar-refractivity contribution >= 4 is 27.3 Å². The first kappa shape index (κ1) is 17.2. The third kappa shape index (κ3) is 2.74. The van der Waals surface area contributed by atoms with Crippen molar-refractivity contribution in [2.75, 3.05) is 6.54 Å². The highest BCUT2D eigenvalue weighted by Crippen LogP contribution is 2.35.